The molecular formula is C22H26N6O3S. The van der Waals surface area contributed by atoms with Crippen LogP contribution in [0.15, 0.2) is 53.6 Å². The zero-order valence-corrected chi connectivity index (χ0v) is 19.1. The van der Waals surface area contributed by atoms with Gasteiger partial charge >= 0.3 is 0 Å². The summed E-state index contributed by atoms with van der Waals surface area (Å²) < 4.78 is 33.3. The molecule has 0 amide bonds. The molecule has 1 aliphatic heterocycles. The Labute approximate surface area is 188 Å². The van der Waals surface area contributed by atoms with Gasteiger partial charge < -0.3 is 15.0 Å². The first-order valence-corrected chi connectivity index (χ1v) is 11.7. The molecule has 1 aliphatic rings. The topological polar surface area (TPSA) is 101 Å². The van der Waals surface area contributed by atoms with E-state index >= 15 is 0 Å². The van der Waals surface area contributed by atoms with Crippen LogP contribution in [0.4, 0.5) is 17.5 Å². The maximum atomic E-state index is 13.3. The molecule has 0 unspecified atom stereocenters. The van der Waals surface area contributed by atoms with Gasteiger partial charge in [-0.05, 0) is 43.7 Å². The lowest BCUT2D eigenvalue weighted by Crippen LogP contribution is -2.49. The van der Waals surface area contributed by atoms with Gasteiger partial charge in [0.2, 0.25) is 10.0 Å². The van der Waals surface area contributed by atoms with Crippen molar-refractivity contribution < 1.29 is 13.2 Å². The molecule has 10 heteroatoms. The Morgan fingerprint density at radius 3 is 2.44 bits per heavy atom. The molecule has 0 aliphatic carbocycles. The van der Waals surface area contributed by atoms with E-state index in [0.717, 1.165) is 11.4 Å². The fraction of sp³-hybridized carbons (Fsp3) is 0.318. The molecular weight excluding hydrogens is 428 g/mol. The summed E-state index contributed by atoms with van der Waals surface area (Å²) in [5.74, 6) is 3.07. The number of benzene rings is 1. The molecule has 3 heterocycles. The second-order valence-electron chi connectivity index (χ2n) is 7.54. The van der Waals surface area contributed by atoms with Crippen LogP contribution in [0.2, 0.25) is 0 Å². The number of hydrogen-bond acceptors (Lipinski definition) is 8. The lowest BCUT2D eigenvalue weighted by atomic mass is 10.2. The minimum atomic E-state index is -3.66. The summed E-state index contributed by atoms with van der Waals surface area (Å²) in [6.07, 6.45) is 1.71. The second-order valence-corrected chi connectivity index (χ2v) is 9.45. The first kappa shape index (κ1) is 22.0. The Hall–Kier alpha value is -3.24. The number of aromatic nitrogens is 3. The Morgan fingerprint density at radius 1 is 0.969 bits per heavy atom. The summed E-state index contributed by atoms with van der Waals surface area (Å²) in [6.45, 7) is 5.44. The minimum absolute atomic E-state index is 0.202. The number of anilines is 3. The normalized spacial score (nSPS) is 14.9. The van der Waals surface area contributed by atoms with Crippen LogP contribution in [-0.4, -0.2) is 61.0 Å². The number of sulfonamides is 1. The average Bonchev–Trinajstić information content (AvgIpc) is 2.79. The molecule has 32 heavy (non-hydrogen) atoms. The lowest BCUT2D eigenvalue weighted by molar-refractivity contribution is 0.373. The van der Waals surface area contributed by atoms with Crippen molar-refractivity contribution in [3.8, 4) is 5.75 Å². The molecule has 0 spiro atoms. The van der Waals surface area contributed by atoms with Crippen LogP contribution in [0.3, 0.4) is 0 Å². The Morgan fingerprint density at radius 2 is 1.75 bits per heavy atom. The van der Waals surface area contributed by atoms with Gasteiger partial charge in [0, 0.05) is 38.4 Å². The predicted molar refractivity (Wildman–Crippen MR) is 123 cm³/mol. The summed E-state index contributed by atoms with van der Waals surface area (Å²) in [6, 6.07) is 12.6. The van der Waals surface area contributed by atoms with E-state index < -0.39 is 10.0 Å². The third-order valence-electron chi connectivity index (χ3n) is 5.25. The van der Waals surface area contributed by atoms with E-state index in [4.69, 9.17) is 4.74 Å². The molecule has 1 aromatic carbocycles. The van der Waals surface area contributed by atoms with Crippen molar-refractivity contribution >= 4 is 27.5 Å². The van der Waals surface area contributed by atoms with E-state index in [1.54, 1.807) is 18.3 Å². The van der Waals surface area contributed by atoms with Crippen LogP contribution in [-0.2, 0) is 10.0 Å². The molecule has 0 saturated carbocycles. The van der Waals surface area contributed by atoms with Gasteiger partial charge in [-0.2, -0.15) is 4.31 Å². The zero-order valence-electron chi connectivity index (χ0n) is 18.3. The van der Waals surface area contributed by atoms with Gasteiger partial charge in [-0.1, -0.05) is 12.1 Å². The van der Waals surface area contributed by atoms with E-state index in [0.29, 0.717) is 49.4 Å². The first-order valence-electron chi connectivity index (χ1n) is 10.3. The predicted octanol–water partition coefficient (Wildman–Crippen LogP) is 2.75. The van der Waals surface area contributed by atoms with Gasteiger partial charge in [-0.25, -0.2) is 23.4 Å². The maximum absolute atomic E-state index is 13.3. The van der Waals surface area contributed by atoms with Crippen LogP contribution in [0.1, 0.15) is 11.4 Å². The quantitative estimate of drug-likeness (QED) is 0.607. The van der Waals surface area contributed by atoms with Gasteiger partial charge in [0.25, 0.3) is 0 Å². The maximum Gasteiger partial charge on any atom is 0.246 e. The van der Waals surface area contributed by atoms with Gasteiger partial charge in [-0.15, -0.1) is 0 Å². The third-order valence-corrected chi connectivity index (χ3v) is 7.16. The van der Waals surface area contributed by atoms with E-state index in [1.165, 1.54) is 11.4 Å². The standard InChI is InChI=1S/C22H26N6O3S/c1-16-7-8-18(31-3)19(14-16)32(29,30)28-12-10-27(11-13-28)22-15-21(24-17(2)25-22)26-20-6-4-5-9-23-20/h4-9,14-15H,10-13H2,1-3H3,(H,23,24,25,26). The lowest BCUT2D eigenvalue weighted by Gasteiger charge is -2.35. The number of nitrogens with zero attached hydrogens (tertiary/aromatic N) is 5. The molecule has 9 nitrogen and oxygen atoms in total. The van der Waals surface area contributed by atoms with Crippen LogP contribution < -0.4 is 15.0 Å². The number of pyridine rings is 1. The van der Waals surface area contributed by atoms with Crippen molar-refractivity contribution in [1.29, 1.82) is 0 Å². The minimum Gasteiger partial charge on any atom is -0.495 e. The second kappa shape index (κ2) is 9.09. The third kappa shape index (κ3) is 4.66. The number of rotatable bonds is 6. The summed E-state index contributed by atoms with van der Waals surface area (Å²) in [4.78, 5) is 15.5. The van der Waals surface area contributed by atoms with E-state index in [1.807, 2.05) is 44.2 Å². The molecule has 1 saturated heterocycles. The van der Waals surface area contributed by atoms with Gasteiger partial charge in [-0.3, -0.25) is 0 Å². The molecule has 3 aromatic rings. The van der Waals surface area contributed by atoms with Crippen molar-refractivity contribution in [3.63, 3.8) is 0 Å². The van der Waals surface area contributed by atoms with Crippen molar-refractivity contribution in [2.75, 3.05) is 43.5 Å². The number of piperazine rings is 1. The van der Waals surface area contributed by atoms with Crippen LogP contribution in [0, 0.1) is 13.8 Å². The highest BCUT2D eigenvalue weighted by atomic mass is 32.2. The zero-order chi connectivity index (χ0) is 22.7. The van der Waals surface area contributed by atoms with Crippen LogP contribution >= 0.6 is 0 Å². The molecule has 2 aromatic heterocycles. The largest absolute Gasteiger partial charge is 0.495 e. The highest BCUT2D eigenvalue weighted by Gasteiger charge is 2.31. The van der Waals surface area contributed by atoms with Crippen molar-refractivity contribution in [3.05, 3.63) is 60.0 Å². The number of nitrogens with one attached hydrogen (secondary N) is 1. The van der Waals surface area contributed by atoms with Gasteiger partial charge in [0.15, 0.2) is 0 Å². The summed E-state index contributed by atoms with van der Waals surface area (Å²) in [5.41, 5.74) is 0.868. The SMILES string of the molecule is COc1ccc(C)cc1S(=O)(=O)N1CCN(c2cc(Nc3ccccn3)nc(C)n2)CC1. The van der Waals surface area contributed by atoms with Gasteiger partial charge in [0.05, 0.1) is 7.11 Å². The van der Waals surface area contributed by atoms with Crippen molar-refractivity contribution in [1.82, 2.24) is 19.3 Å². The fourth-order valence-corrected chi connectivity index (χ4v) is 5.29. The number of methoxy groups -OCH3 is 1. The smallest absolute Gasteiger partial charge is 0.246 e. The Bertz CT molecular complexity index is 1200. The molecule has 0 bridgehead atoms. The van der Waals surface area contributed by atoms with Crippen LogP contribution in [0.5, 0.6) is 5.75 Å². The molecule has 0 radical (unpaired) electrons. The number of hydrogen-bond donors (Lipinski definition) is 1. The Balaban J connectivity index is 1.50. The summed E-state index contributed by atoms with van der Waals surface area (Å²) in [5, 5.41) is 3.19. The molecule has 1 N–H and O–H groups in total. The van der Waals surface area contributed by atoms with Crippen molar-refractivity contribution in [2.24, 2.45) is 0 Å². The number of ether oxygens (including phenoxy) is 1. The van der Waals surface area contributed by atoms with E-state index in [9.17, 15) is 8.42 Å². The first-order chi connectivity index (χ1) is 15.4. The highest BCUT2D eigenvalue weighted by molar-refractivity contribution is 7.89. The molecule has 0 atom stereocenters. The Kier molecular flexibility index (Phi) is 6.24. The number of aryl methyl sites for hydroxylation is 2. The average molecular weight is 455 g/mol. The molecule has 168 valence electrons. The summed E-state index contributed by atoms with van der Waals surface area (Å²) in [7, 11) is -2.18. The van der Waals surface area contributed by atoms with Crippen molar-refractivity contribution in [2.45, 2.75) is 18.7 Å². The highest BCUT2D eigenvalue weighted by Crippen LogP contribution is 2.29. The molecule has 4 rings (SSSR count). The fourth-order valence-electron chi connectivity index (χ4n) is 3.63. The van der Waals surface area contributed by atoms with E-state index in [-0.39, 0.29) is 4.90 Å². The molecule has 1 fully saturated rings. The van der Waals surface area contributed by atoms with Gasteiger partial charge in [0.1, 0.15) is 33.9 Å². The van der Waals surface area contributed by atoms with Crippen LogP contribution in [0.25, 0.3) is 0 Å². The monoisotopic (exact) mass is 454 g/mol. The van der Waals surface area contributed by atoms with E-state index in [2.05, 4.69) is 25.2 Å². The summed E-state index contributed by atoms with van der Waals surface area (Å²) >= 11 is 0.